The molecule has 0 spiro atoms. The summed E-state index contributed by atoms with van der Waals surface area (Å²) in [6.07, 6.45) is 2.72. The van der Waals surface area contributed by atoms with E-state index in [0.717, 1.165) is 22.9 Å². The van der Waals surface area contributed by atoms with E-state index in [1.165, 1.54) is 0 Å². The van der Waals surface area contributed by atoms with Crippen molar-refractivity contribution < 1.29 is 14.3 Å². The molecule has 1 aliphatic rings. The Kier molecular flexibility index (Phi) is 5.74. The van der Waals surface area contributed by atoms with Crippen molar-refractivity contribution in [2.24, 2.45) is 0 Å². The van der Waals surface area contributed by atoms with Crippen LogP contribution < -0.4 is 0 Å². The van der Waals surface area contributed by atoms with E-state index in [2.05, 4.69) is 15.9 Å². The van der Waals surface area contributed by atoms with Gasteiger partial charge in [-0.25, -0.2) is 0 Å². The Morgan fingerprint density at radius 3 is 2.50 bits per heavy atom. The van der Waals surface area contributed by atoms with E-state index in [-0.39, 0.29) is 17.3 Å². The molecule has 1 aliphatic carbocycles. The number of hydrogen-bond donors (Lipinski definition) is 0. The molecule has 24 heavy (non-hydrogen) atoms. The highest BCUT2D eigenvalue weighted by Gasteiger charge is 2.52. The summed E-state index contributed by atoms with van der Waals surface area (Å²) in [5.74, 6) is -0.0683. The summed E-state index contributed by atoms with van der Waals surface area (Å²) in [5.41, 5.74) is 0.239. The number of carbonyl (C=O) groups excluding carboxylic acids is 2. The Morgan fingerprint density at radius 1 is 1.29 bits per heavy atom. The number of hydrogen-bond acceptors (Lipinski definition) is 3. The fourth-order valence-corrected chi connectivity index (χ4v) is 3.26. The zero-order valence-electron chi connectivity index (χ0n) is 14.9. The summed E-state index contributed by atoms with van der Waals surface area (Å²) >= 11 is 3.47. The standard InChI is InChI=1S/C19H26BrNO3/c1-18(2,3)24-16(22)9-6-12-21(4)17(23)19(10-11-19)14-7-5-8-15(20)13-14/h5,7-8,13H,6,9-12H2,1-4H3. The van der Waals surface area contributed by atoms with Crippen LogP contribution in [0.4, 0.5) is 0 Å². The van der Waals surface area contributed by atoms with E-state index in [1.54, 1.807) is 4.90 Å². The van der Waals surface area contributed by atoms with Crippen LogP contribution in [0, 0.1) is 0 Å². The molecule has 0 heterocycles. The first-order valence-electron chi connectivity index (χ1n) is 8.37. The third kappa shape index (κ3) is 4.82. The van der Waals surface area contributed by atoms with Crippen molar-refractivity contribution in [1.82, 2.24) is 4.90 Å². The van der Waals surface area contributed by atoms with Crippen LogP contribution in [0.5, 0.6) is 0 Å². The molecule has 1 amide bonds. The highest BCUT2D eigenvalue weighted by atomic mass is 79.9. The lowest BCUT2D eigenvalue weighted by atomic mass is 9.94. The Hall–Kier alpha value is -1.36. The molecule has 2 rings (SSSR count). The molecule has 0 radical (unpaired) electrons. The zero-order chi connectivity index (χ0) is 18.0. The minimum absolute atomic E-state index is 0.143. The van der Waals surface area contributed by atoms with Crippen molar-refractivity contribution in [1.29, 1.82) is 0 Å². The van der Waals surface area contributed by atoms with Crippen molar-refractivity contribution in [3.63, 3.8) is 0 Å². The second kappa shape index (κ2) is 7.26. The molecule has 0 saturated heterocycles. The minimum atomic E-state index is -0.461. The third-order valence-corrected chi connectivity index (χ3v) is 4.67. The minimum Gasteiger partial charge on any atom is -0.460 e. The molecule has 1 aromatic rings. The second-order valence-corrected chi connectivity index (χ2v) is 8.42. The normalized spacial score (nSPS) is 15.7. The summed E-state index contributed by atoms with van der Waals surface area (Å²) in [6, 6.07) is 7.98. The predicted octanol–water partition coefficient (Wildman–Crippen LogP) is 4.06. The number of halogens is 1. The molecule has 0 N–H and O–H groups in total. The SMILES string of the molecule is CN(CCCC(=O)OC(C)(C)C)C(=O)C1(c2cccc(Br)c2)CC1. The van der Waals surface area contributed by atoms with Crippen LogP contribution in [-0.2, 0) is 19.7 Å². The van der Waals surface area contributed by atoms with Gasteiger partial charge in [0.05, 0.1) is 5.41 Å². The van der Waals surface area contributed by atoms with E-state index in [1.807, 2.05) is 52.1 Å². The molecular formula is C19H26BrNO3. The summed E-state index contributed by atoms with van der Waals surface area (Å²) < 4.78 is 6.29. The van der Waals surface area contributed by atoms with Crippen LogP contribution >= 0.6 is 15.9 Å². The number of carbonyl (C=O) groups is 2. The van der Waals surface area contributed by atoms with Gasteiger partial charge in [0, 0.05) is 24.5 Å². The Morgan fingerprint density at radius 2 is 1.96 bits per heavy atom. The van der Waals surface area contributed by atoms with Gasteiger partial charge in [0.2, 0.25) is 5.91 Å². The summed E-state index contributed by atoms with van der Waals surface area (Å²) in [6.45, 7) is 6.13. The topological polar surface area (TPSA) is 46.6 Å². The average Bonchev–Trinajstić information content (AvgIpc) is 3.26. The van der Waals surface area contributed by atoms with Gasteiger partial charge in [-0.05, 0) is 57.7 Å². The van der Waals surface area contributed by atoms with Crippen molar-refractivity contribution in [3.8, 4) is 0 Å². The third-order valence-electron chi connectivity index (χ3n) is 4.18. The first kappa shape index (κ1) is 19.0. The molecule has 0 bridgehead atoms. The Labute approximate surface area is 152 Å². The van der Waals surface area contributed by atoms with Crippen molar-refractivity contribution in [2.45, 2.75) is 57.5 Å². The van der Waals surface area contributed by atoms with Gasteiger partial charge in [-0.15, -0.1) is 0 Å². The van der Waals surface area contributed by atoms with Crippen molar-refractivity contribution >= 4 is 27.8 Å². The highest BCUT2D eigenvalue weighted by Crippen LogP contribution is 2.49. The molecule has 0 aromatic heterocycles. The van der Waals surface area contributed by atoms with E-state index < -0.39 is 5.60 Å². The summed E-state index contributed by atoms with van der Waals surface area (Å²) in [4.78, 5) is 26.3. The maximum absolute atomic E-state index is 12.8. The lowest BCUT2D eigenvalue weighted by molar-refractivity contribution is -0.155. The lowest BCUT2D eigenvalue weighted by Gasteiger charge is -2.24. The molecule has 1 aromatic carbocycles. The molecule has 0 aliphatic heterocycles. The molecule has 4 nitrogen and oxygen atoms in total. The van der Waals surface area contributed by atoms with Gasteiger partial charge in [0.15, 0.2) is 0 Å². The zero-order valence-corrected chi connectivity index (χ0v) is 16.5. The molecule has 0 atom stereocenters. The highest BCUT2D eigenvalue weighted by molar-refractivity contribution is 9.10. The van der Waals surface area contributed by atoms with E-state index >= 15 is 0 Å². The van der Waals surface area contributed by atoms with Gasteiger partial charge in [-0.2, -0.15) is 0 Å². The van der Waals surface area contributed by atoms with E-state index in [9.17, 15) is 9.59 Å². The Balaban J connectivity index is 1.88. The summed E-state index contributed by atoms with van der Waals surface area (Å²) in [7, 11) is 1.81. The van der Waals surface area contributed by atoms with Gasteiger partial charge >= 0.3 is 5.97 Å². The van der Waals surface area contributed by atoms with Crippen LogP contribution in [-0.4, -0.2) is 36.0 Å². The monoisotopic (exact) mass is 395 g/mol. The average molecular weight is 396 g/mol. The van der Waals surface area contributed by atoms with E-state index in [4.69, 9.17) is 4.74 Å². The first-order chi connectivity index (χ1) is 11.1. The maximum atomic E-state index is 12.8. The molecule has 1 saturated carbocycles. The van der Waals surface area contributed by atoms with Gasteiger partial charge < -0.3 is 9.64 Å². The fourth-order valence-electron chi connectivity index (χ4n) is 2.86. The molecule has 1 fully saturated rings. The number of nitrogens with zero attached hydrogens (tertiary/aromatic N) is 1. The summed E-state index contributed by atoms with van der Waals surface area (Å²) in [5, 5.41) is 0. The van der Waals surface area contributed by atoms with Crippen LogP contribution in [0.2, 0.25) is 0 Å². The first-order valence-corrected chi connectivity index (χ1v) is 9.17. The largest absolute Gasteiger partial charge is 0.460 e. The number of benzene rings is 1. The van der Waals surface area contributed by atoms with Crippen LogP contribution in [0.15, 0.2) is 28.7 Å². The fraction of sp³-hybridized carbons (Fsp3) is 0.579. The van der Waals surface area contributed by atoms with Gasteiger partial charge in [0.1, 0.15) is 5.60 Å². The smallest absolute Gasteiger partial charge is 0.306 e. The van der Waals surface area contributed by atoms with E-state index in [0.29, 0.717) is 19.4 Å². The Bertz CT molecular complexity index is 617. The van der Waals surface area contributed by atoms with Gasteiger partial charge in [0.25, 0.3) is 0 Å². The number of likely N-dealkylation sites (N-methyl/N-ethyl adjacent to an activating group) is 1. The van der Waals surface area contributed by atoms with Crippen LogP contribution in [0.3, 0.4) is 0 Å². The van der Waals surface area contributed by atoms with Gasteiger partial charge in [-0.3, -0.25) is 9.59 Å². The molecule has 5 heteroatoms. The van der Waals surface area contributed by atoms with Crippen LogP contribution in [0.1, 0.15) is 52.0 Å². The molecule has 132 valence electrons. The van der Waals surface area contributed by atoms with Crippen molar-refractivity contribution in [2.75, 3.05) is 13.6 Å². The van der Waals surface area contributed by atoms with Crippen molar-refractivity contribution in [3.05, 3.63) is 34.3 Å². The molecular weight excluding hydrogens is 370 g/mol. The second-order valence-electron chi connectivity index (χ2n) is 7.51. The maximum Gasteiger partial charge on any atom is 0.306 e. The number of amides is 1. The number of ether oxygens (including phenoxy) is 1. The quantitative estimate of drug-likeness (QED) is 0.682. The lowest BCUT2D eigenvalue weighted by Crippen LogP contribution is -2.37. The number of esters is 1. The van der Waals surface area contributed by atoms with Gasteiger partial charge in [-0.1, -0.05) is 28.1 Å². The number of rotatable bonds is 6. The predicted molar refractivity (Wildman–Crippen MR) is 97.8 cm³/mol. The van der Waals surface area contributed by atoms with Crippen LogP contribution in [0.25, 0.3) is 0 Å². The molecule has 0 unspecified atom stereocenters.